The molecule has 0 fully saturated rings. The van der Waals surface area contributed by atoms with Gasteiger partial charge in [0, 0.05) is 13.1 Å². The van der Waals surface area contributed by atoms with Gasteiger partial charge in [-0.25, -0.2) is 0 Å². The lowest BCUT2D eigenvalue weighted by Crippen LogP contribution is -2.40. The molecule has 18 heavy (non-hydrogen) atoms. The van der Waals surface area contributed by atoms with Crippen molar-refractivity contribution in [1.82, 2.24) is 5.32 Å². The number of aliphatic hydroxyl groups is 2. The van der Waals surface area contributed by atoms with E-state index in [2.05, 4.69) is 5.32 Å². The molecule has 1 unspecified atom stereocenters. The average Bonchev–Trinajstić information content (AvgIpc) is 2.38. The van der Waals surface area contributed by atoms with Crippen LogP contribution in [0.3, 0.4) is 0 Å². The molecule has 0 radical (unpaired) electrons. The van der Waals surface area contributed by atoms with Gasteiger partial charge in [0.15, 0.2) is 0 Å². The Morgan fingerprint density at radius 1 is 1.50 bits per heavy atom. The summed E-state index contributed by atoms with van der Waals surface area (Å²) in [5.74, 6) is 0.533. The quantitative estimate of drug-likeness (QED) is 0.680. The van der Waals surface area contributed by atoms with E-state index in [-0.39, 0.29) is 13.2 Å². The lowest BCUT2D eigenvalue weighted by molar-refractivity contribution is 0.00254. The molecule has 1 aromatic rings. The first-order valence-electron chi connectivity index (χ1n) is 5.63. The standard InChI is InChI=1S/C13H18N2O3/c1-13(17,9-16)8-15-7-10-3-4-11(6-14)12(5-10)18-2/h3-5,15-17H,7-9H2,1-2H3. The van der Waals surface area contributed by atoms with Gasteiger partial charge >= 0.3 is 0 Å². The van der Waals surface area contributed by atoms with Gasteiger partial charge in [-0.3, -0.25) is 0 Å². The van der Waals surface area contributed by atoms with Crippen LogP contribution in [0.2, 0.25) is 0 Å². The van der Waals surface area contributed by atoms with Crippen molar-refractivity contribution in [1.29, 1.82) is 5.26 Å². The van der Waals surface area contributed by atoms with Gasteiger partial charge in [0.25, 0.3) is 0 Å². The minimum absolute atomic E-state index is 0.284. The summed E-state index contributed by atoms with van der Waals surface area (Å²) in [5, 5.41) is 30.4. The van der Waals surface area contributed by atoms with Gasteiger partial charge in [0.2, 0.25) is 0 Å². The molecule has 0 spiro atoms. The van der Waals surface area contributed by atoms with E-state index in [0.29, 0.717) is 17.9 Å². The number of benzene rings is 1. The fourth-order valence-corrected chi connectivity index (χ4v) is 1.47. The Labute approximate surface area is 107 Å². The van der Waals surface area contributed by atoms with Crippen LogP contribution < -0.4 is 10.1 Å². The summed E-state index contributed by atoms with van der Waals surface area (Å²) < 4.78 is 5.11. The van der Waals surface area contributed by atoms with Crippen LogP contribution in [0.25, 0.3) is 0 Å². The number of nitrogens with one attached hydrogen (secondary N) is 1. The number of aliphatic hydroxyl groups excluding tert-OH is 1. The van der Waals surface area contributed by atoms with Crippen LogP contribution in [0.4, 0.5) is 0 Å². The van der Waals surface area contributed by atoms with Gasteiger partial charge < -0.3 is 20.3 Å². The molecule has 1 atom stereocenters. The molecule has 3 N–H and O–H groups in total. The number of methoxy groups -OCH3 is 1. The van der Waals surface area contributed by atoms with Crippen molar-refractivity contribution in [3.05, 3.63) is 29.3 Å². The molecule has 0 amide bonds. The highest BCUT2D eigenvalue weighted by Gasteiger charge is 2.17. The molecule has 0 heterocycles. The summed E-state index contributed by atoms with van der Waals surface area (Å²) in [6.07, 6.45) is 0. The number of nitriles is 1. The molecule has 1 aromatic carbocycles. The van der Waals surface area contributed by atoms with Gasteiger partial charge in [-0.15, -0.1) is 0 Å². The van der Waals surface area contributed by atoms with Gasteiger partial charge in [-0.2, -0.15) is 5.26 Å². The summed E-state index contributed by atoms with van der Waals surface area (Å²) in [4.78, 5) is 0. The summed E-state index contributed by atoms with van der Waals surface area (Å²) in [5.41, 5.74) is 0.305. The first-order chi connectivity index (χ1) is 8.52. The van der Waals surface area contributed by atoms with E-state index >= 15 is 0 Å². The maximum absolute atomic E-state index is 9.60. The van der Waals surface area contributed by atoms with Crippen molar-refractivity contribution in [2.45, 2.75) is 19.1 Å². The highest BCUT2D eigenvalue weighted by atomic mass is 16.5. The molecule has 5 heteroatoms. The lowest BCUT2D eigenvalue weighted by Gasteiger charge is -2.20. The zero-order chi connectivity index (χ0) is 13.6. The van der Waals surface area contributed by atoms with Crippen molar-refractivity contribution in [2.24, 2.45) is 0 Å². The number of rotatable bonds is 6. The third kappa shape index (κ3) is 4.00. The molecular weight excluding hydrogens is 232 g/mol. The summed E-state index contributed by atoms with van der Waals surface area (Å²) in [7, 11) is 1.52. The van der Waals surface area contributed by atoms with E-state index in [9.17, 15) is 5.11 Å². The summed E-state index contributed by atoms with van der Waals surface area (Å²) in [6, 6.07) is 7.34. The van der Waals surface area contributed by atoms with E-state index in [4.69, 9.17) is 15.1 Å². The second-order valence-corrected chi connectivity index (χ2v) is 4.41. The van der Waals surface area contributed by atoms with E-state index in [1.54, 1.807) is 19.1 Å². The Morgan fingerprint density at radius 2 is 2.22 bits per heavy atom. The normalized spacial score (nSPS) is 13.7. The van der Waals surface area contributed by atoms with Gasteiger partial charge in [0.1, 0.15) is 11.8 Å². The zero-order valence-electron chi connectivity index (χ0n) is 10.6. The monoisotopic (exact) mass is 250 g/mol. The molecule has 0 bridgehead atoms. The zero-order valence-corrected chi connectivity index (χ0v) is 10.6. The van der Waals surface area contributed by atoms with Crippen LogP contribution in [-0.4, -0.2) is 36.1 Å². The van der Waals surface area contributed by atoms with Crippen molar-refractivity contribution >= 4 is 0 Å². The first kappa shape index (κ1) is 14.5. The number of hydrogen-bond donors (Lipinski definition) is 3. The van der Waals surface area contributed by atoms with Crippen LogP contribution in [0.1, 0.15) is 18.1 Å². The molecule has 98 valence electrons. The molecule has 0 saturated carbocycles. The third-order valence-electron chi connectivity index (χ3n) is 2.56. The molecule has 0 aliphatic carbocycles. The summed E-state index contributed by atoms with van der Waals surface area (Å²) in [6.45, 7) is 2.07. The van der Waals surface area contributed by atoms with Gasteiger partial charge in [-0.1, -0.05) is 6.07 Å². The Morgan fingerprint density at radius 3 is 2.78 bits per heavy atom. The van der Waals surface area contributed by atoms with Crippen LogP contribution >= 0.6 is 0 Å². The van der Waals surface area contributed by atoms with Gasteiger partial charge in [0.05, 0.1) is 24.9 Å². The highest BCUT2D eigenvalue weighted by molar-refractivity contribution is 5.45. The van der Waals surface area contributed by atoms with Gasteiger partial charge in [-0.05, 0) is 24.6 Å². The van der Waals surface area contributed by atoms with E-state index in [1.807, 2.05) is 12.1 Å². The molecule has 1 rings (SSSR count). The Hall–Kier alpha value is -1.61. The maximum Gasteiger partial charge on any atom is 0.136 e. The second-order valence-electron chi connectivity index (χ2n) is 4.41. The predicted molar refractivity (Wildman–Crippen MR) is 67.1 cm³/mol. The van der Waals surface area contributed by atoms with Crippen LogP contribution in [-0.2, 0) is 6.54 Å². The van der Waals surface area contributed by atoms with Crippen molar-refractivity contribution in [2.75, 3.05) is 20.3 Å². The molecule has 0 saturated heterocycles. The molecule has 0 aliphatic rings. The van der Waals surface area contributed by atoms with Crippen molar-refractivity contribution in [3.8, 4) is 11.8 Å². The number of hydrogen-bond acceptors (Lipinski definition) is 5. The minimum Gasteiger partial charge on any atom is -0.495 e. The van der Waals surface area contributed by atoms with Crippen LogP contribution in [0.15, 0.2) is 18.2 Å². The topological polar surface area (TPSA) is 85.5 Å². The predicted octanol–water partition coefficient (Wildman–Crippen LogP) is 0.400. The number of nitrogens with zero attached hydrogens (tertiary/aromatic N) is 1. The highest BCUT2D eigenvalue weighted by Crippen LogP contribution is 2.19. The number of ether oxygens (including phenoxy) is 1. The third-order valence-corrected chi connectivity index (χ3v) is 2.56. The fourth-order valence-electron chi connectivity index (χ4n) is 1.47. The molecule has 0 aliphatic heterocycles. The van der Waals surface area contributed by atoms with E-state index in [0.717, 1.165) is 5.56 Å². The lowest BCUT2D eigenvalue weighted by atomic mass is 10.1. The molecule has 0 aromatic heterocycles. The van der Waals surface area contributed by atoms with Crippen LogP contribution in [0, 0.1) is 11.3 Å². The average molecular weight is 250 g/mol. The van der Waals surface area contributed by atoms with Crippen molar-refractivity contribution < 1.29 is 14.9 Å². The summed E-state index contributed by atoms with van der Waals surface area (Å²) >= 11 is 0. The second kappa shape index (κ2) is 6.36. The smallest absolute Gasteiger partial charge is 0.136 e. The molecule has 5 nitrogen and oxygen atoms in total. The minimum atomic E-state index is -1.13. The van der Waals surface area contributed by atoms with E-state index in [1.165, 1.54) is 7.11 Å². The first-order valence-corrected chi connectivity index (χ1v) is 5.63. The SMILES string of the molecule is COc1cc(CNCC(C)(O)CO)ccc1C#N. The Bertz CT molecular complexity index is 438. The van der Waals surface area contributed by atoms with Crippen molar-refractivity contribution in [3.63, 3.8) is 0 Å². The fraction of sp³-hybridized carbons (Fsp3) is 0.462. The van der Waals surface area contributed by atoms with Crippen LogP contribution in [0.5, 0.6) is 5.75 Å². The largest absolute Gasteiger partial charge is 0.495 e. The molecular formula is C13H18N2O3. The Balaban J connectivity index is 2.61. The maximum atomic E-state index is 9.60. The Kier molecular flexibility index (Phi) is 5.10. The van der Waals surface area contributed by atoms with E-state index < -0.39 is 5.60 Å².